The van der Waals surface area contributed by atoms with E-state index in [4.69, 9.17) is 4.42 Å². The molecule has 2 aromatic carbocycles. The van der Waals surface area contributed by atoms with E-state index in [1.165, 1.54) is 22.4 Å². The van der Waals surface area contributed by atoms with E-state index in [1.807, 2.05) is 49.4 Å². The first-order chi connectivity index (χ1) is 15.5. The highest BCUT2D eigenvalue weighted by Gasteiger charge is 2.46. The fraction of sp³-hybridized carbons (Fsp3) is 0.259. The largest absolute Gasteiger partial charge is 0.507 e. The maximum Gasteiger partial charge on any atom is 0.296 e. The van der Waals surface area contributed by atoms with Crippen LogP contribution in [-0.4, -0.2) is 21.7 Å². The summed E-state index contributed by atoms with van der Waals surface area (Å²) in [5, 5.41) is 11.3. The first-order valence-corrected chi connectivity index (χ1v) is 11.0. The molecule has 2 heterocycles. The summed E-state index contributed by atoms with van der Waals surface area (Å²) in [7, 11) is 0. The van der Waals surface area contributed by atoms with Crippen molar-refractivity contribution in [3.8, 4) is 0 Å². The summed E-state index contributed by atoms with van der Waals surface area (Å²) in [6, 6.07) is 16.4. The summed E-state index contributed by atoms with van der Waals surface area (Å²) in [5.74, 6) is -0.833. The van der Waals surface area contributed by atoms with E-state index in [0.717, 1.165) is 30.4 Å². The third-order valence-corrected chi connectivity index (χ3v) is 6.55. The van der Waals surface area contributed by atoms with E-state index in [0.29, 0.717) is 11.3 Å². The zero-order chi connectivity index (χ0) is 22.2. The molecule has 3 aromatic rings. The van der Waals surface area contributed by atoms with Gasteiger partial charge in [0.05, 0.1) is 24.4 Å². The minimum absolute atomic E-state index is 0.119. The van der Waals surface area contributed by atoms with Crippen molar-refractivity contribution in [2.24, 2.45) is 0 Å². The fourth-order valence-electron chi connectivity index (χ4n) is 4.87. The molecule has 1 saturated heterocycles. The number of likely N-dealkylation sites (tertiary alicyclic amines) is 1. The lowest BCUT2D eigenvalue weighted by Gasteiger charge is -2.26. The molecule has 32 heavy (non-hydrogen) atoms. The van der Waals surface area contributed by atoms with Gasteiger partial charge in [0.1, 0.15) is 11.5 Å². The van der Waals surface area contributed by atoms with Crippen LogP contribution in [0.4, 0.5) is 0 Å². The van der Waals surface area contributed by atoms with Crippen LogP contribution in [0, 0.1) is 6.92 Å². The van der Waals surface area contributed by atoms with E-state index >= 15 is 0 Å². The topological polar surface area (TPSA) is 70.8 Å². The molecule has 5 rings (SSSR count). The lowest BCUT2D eigenvalue weighted by atomic mass is 9.88. The number of furan rings is 1. The number of fused-ring (bicyclic) bond motifs is 1. The molecule has 1 atom stereocenters. The number of hydrogen-bond acceptors (Lipinski definition) is 4. The normalized spacial score (nSPS) is 19.9. The molecule has 1 amide bonds. The number of carbonyl (C=O) groups excluding carboxylic acids is 2. The first-order valence-electron chi connectivity index (χ1n) is 11.0. The van der Waals surface area contributed by atoms with Gasteiger partial charge < -0.3 is 14.4 Å². The number of rotatable bonds is 4. The van der Waals surface area contributed by atoms with Crippen LogP contribution in [0.2, 0.25) is 0 Å². The van der Waals surface area contributed by atoms with Crippen molar-refractivity contribution in [2.75, 3.05) is 0 Å². The number of hydrogen-bond donors (Lipinski definition) is 1. The average Bonchev–Trinajstić information content (AvgIpc) is 3.41. The van der Waals surface area contributed by atoms with E-state index < -0.39 is 17.7 Å². The van der Waals surface area contributed by atoms with Gasteiger partial charge in [0.2, 0.25) is 0 Å². The third kappa shape index (κ3) is 3.44. The Morgan fingerprint density at radius 3 is 2.56 bits per heavy atom. The monoisotopic (exact) mass is 427 g/mol. The Balaban J connectivity index is 1.65. The summed E-state index contributed by atoms with van der Waals surface area (Å²) in [4.78, 5) is 27.8. The fourth-order valence-corrected chi connectivity index (χ4v) is 4.87. The summed E-state index contributed by atoms with van der Waals surface area (Å²) in [5.41, 5.74) is 4.98. The number of ketones is 1. The van der Waals surface area contributed by atoms with Crippen LogP contribution >= 0.6 is 0 Å². The Morgan fingerprint density at radius 2 is 1.81 bits per heavy atom. The van der Waals surface area contributed by atoms with Crippen LogP contribution in [0.5, 0.6) is 0 Å². The Labute approximate surface area is 187 Å². The lowest BCUT2D eigenvalue weighted by molar-refractivity contribution is -0.140. The molecule has 1 unspecified atom stereocenters. The number of carbonyl (C=O) groups is 2. The van der Waals surface area contributed by atoms with Crippen molar-refractivity contribution in [1.82, 2.24) is 4.90 Å². The third-order valence-electron chi connectivity index (χ3n) is 6.55. The van der Waals surface area contributed by atoms with Gasteiger partial charge in [-0.05, 0) is 73.1 Å². The van der Waals surface area contributed by atoms with Gasteiger partial charge in [0.15, 0.2) is 0 Å². The smallest absolute Gasteiger partial charge is 0.296 e. The van der Waals surface area contributed by atoms with Crippen molar-refractivity contribution in [2.45, 2.75) is 45.2 Å². The maximum absolute atomic E-state index is 13.2. The number of nitrogens with zero attached hydrogens (tertiary/aromatic N) is 1. The zero-order valence-corrected chi connectivity index (χ0v) is 18.0. The lowest BCUT2D eigenvalue weighted by Crippen LogP contribution is -2.29. The number of aryl methyl sites for hydroxylation is 3. The zero-order valence-electron chi connectivity index (χ0n) is 18.0. The summed E-state index contributed by atoms with van der Waals surface area (Å²) >= 11 is 0. The molecule has 1 N–H and O–H groups in total. The molecular weight excluding hydrogens is 402 g/mol. The van der Waals surface area contributed by atoms with E-state index in [2.05, 4.69) is 0 Å². The van der Waals surface area contributed by atoms with E-state index in [-0.39, 0.29) is 17.9 Å². The maximum atomic E-state index is 13.2. The second-order valence-electron chi connectivity index (χ2n) is 8.55. The summed E-state index contributed by atoms with van der Waals surface area (Å²) < 4.78 is 5.45. The van der Waals surface area contributed by atoms with Gasteiger partial charge in [-0.3, -0.25) is 9.59 Å². The van der Waals surface area contributed by atoms with Crippen LogP contribution in [-0.2, 0) is 29.0 Å². The Morgan fingerprint density at radius 1 is 1.03 bits per heavy atom. The number of aliphatic hydroxyl groups excluding tert-OH is 1. The van der Waals surface area contributed by atoms with Crippen molar-refractivity contribution >= 4 is 17.4 Å². The number of benzene rings is 2. The van der Waals surface area contributed by atoms with Crippen molar-refractivity contribution in [1.29, 1.82) is 0 Å². The predicted octanol–water partition coefficient (Wildman–Crippen LogP) is 5.09. The number of Topliss-reactive ketones (excluding diaryl/α,β-unsaturated/α-hetero) is 1. The molecule has 0 spiro atoms. The van der Waals surface area contributed by atoms with Crippen LogP contribution in [0.25, 0.3) is 5.76 Å². The minimum atomic E-state index is -0.683. The van der Waals surface area contributed by atoms with Gasteiger partial charge in [-0.25, -0.2) is 0 Å². The molecule has 162 valence electrons. The standard InChI is InChI=1S/C27H25NO4/c1-17-7-2-5-11-22(17)24-23(26(30)27(31)28(24)16-21-10-6-14-32-21)25(29)20-13-12-18-8-3-4-9-19(18)15-20/h2,5-7,10-15,24,29H,3-4,8-9,16H2,1H3/b25-23+. The Hall–Kier alpha value is -3.60. The minimum Gasteiger partial charge on any atom is -0.507 e. The highest BCUT2D eigenvalue weighted by atomic mass is 16.3. The highest BCUT2D eigenvalue weighted by Crippen LogP contribution is 2.41. The predicted molar refractivity (Wildman–Crippen MR) is 121 cm³/mol. The Bertz CT molecular complexity index is 1220. The molecule has 0 bridgehead atoms. The molecule has 2 aliphatic rings. The van der Waals surface area contributed by atoms with Gasteiger partial charge in [-0.1, -0.05) is 36.4 Å². The molecule has 1 fully saturated rings. The quantitative estimate of drug-likeness (QED) is 0.358. The first kappa shape index (κ1) is 20.3. The molecule has 5 heteroatoms. The van der Waals surface area contributed by atoms with Crippen LogP contribution < -0.4 is 0 Å². The SMILES string of the molecule is Cc1ccccc1C1/C(=C(\O)c2ccc3c(c2)CCCC3)C(=O)C(=O)N1Cc1ccco1. The van der Waals surface area contributed by atoms with E-state index in [1.54, 1.807) is 18.4 Å². The second kappa shape index (κ2) is 8.15. The van der Waals surface area contributed by atoms with Gasteiger partial charge in [0, 0.05) is 5.56 Å². The summed E-state index contributed by atoms with van der Waals surface area (Å²) in [6.45, 7) is 2.10. The van der Waals surface area contributed by atoms with Crippen LogP contribution in [0.1, 0.15) is 52.5 Å². The van der Waals surface area contributed by atoms with Crippen molar-refractivity contribution in [3.63, 3.8) is 0 Å². The number of aliphatic hydroxyl groups is 1. The van der Waals surface area contributed by atoms with Crippen molar-refractivity contribution < 1.29 is 19.1 Å². The van der Waals surface area contributed by atoms with Crippen LogP contribution in [0.3, 0.4) is 0 Å². The van der Waals surface area contributed by atoms with Gasteiger partial charge in [0.25, 0.3) is 11.7 Å². The molecule has 1 aliphatic carbocycles. The summed E-state index contributed by atoms with van der Waals surface area (Å²) in [6.07, 6.45) is 5.83. The van der Waals surface area contributed by atoms with Crippen LogP contribution in [0.15, 0.2) is 70.9 Å². The Kier molecular flexibility index (Phi) is 5.17. The number of amides is 1. The van der Waals surface area contributed by atoms with Gasteiger partial charge >= 0.3 is 0 Å². The van der Waals surface area contributed by atoms with Gasteiger partial charge in [-0.15, -0.1) is 0 Å². The molecule has 1 aromatic heterocycles. The molecule has 5 nitrogen and oxygen atoms in total. The molecule has 1 aliphatic heterocycles. The molecular formula is C27H25NO4. The molecule has 0 radical (unpaired) electrons. The second-order valence-corrected chi connectivity index (χ2v) is 8.55. The highest BCUT2D eigenvalue weighted by molar-refractivity contribution is 6.46. The molecule has 0 saturated carbocycles. The van der Waals surface area contributed by atoms with E-state index in [9.17, 15) is 14.7 Å². The average molecular weight is 428 g/mol. The van der Waals surface area contributed by atoms with Crippen molar-refractivity contribution in [3.05, 3.63) is 100 Å². The van der Waals surface area contributed by atoms with Gasteiger partial charge in [-0.2, -0.15) is 0 Å².